The Kier molecular flexibility index (Phi) is 5.01. The highest BCUT2D eigenvalue weighted by Crippen LogP contribution is 2.30. The number of methoxy groups -OCH3 is 1. The SMILES string of the molecule is CCc1nn(C)c(CC)c1CN1C[C@@H](OC)[C@H](c2cn(C)nn2)C1. The van der Waals surface area contributed by atoms with Crippen molar-refractivity contribution < 1.29 is 4.74 Å². The molecule has 3 rings (SSSR count). The Bertz CT molecular complexity index is 691. The highest BCUT2D eigenvalue weighted by atomic mass is 16.5. The van der Waals surface area contributed by atoms with Crippen LogP contribution in [0, 0.1) is 0 Å². The van der Waals surface area contributed by atoms with E-state index in [0.717, 1.165) is 38.2 Å². The summed E-state index contributed by atoms with van der Waals surface area (Å²) in [4.78, 5) is 2.46. The summed E-state index contributed by atoms with van der Waals surface area (Å²) in [6.07, 6.45) is 4.14. The lowest BCUT2D eigenvalue weighted by molar-refractivity contribution is 0.0957. The fraction of sp³-hybridized carbons (Fsp3) is 0.706. The van der Waals surface area contributed by atoms with E-state index in [4.69, 9.17) is 9.84 Å². The molecule has 2 atom stereocenters. The Hall–Kier alpha value is -1.73. The molecule has 1 saturated heterocycles. The third kappa shape index (κ3) is 3.10. The van der Waals surface area contributed by atoms with E-state index in [1.807, 2.05) is 25.0 Å². The molecule has 132 valence electrons. The number of aryl methyl sites for hydroxylation is 3. The number of hydrogen-bond donors (Lipinski definition) is 0. The fourth-order valence-corrected chi connectivity index (χ4v) is 3.84. The normalized spacial score (nSPS) is 21.7. The Balaban J connectivity index is 1.80. The van der Waals surface area contributed by atoms with Crippen molar-refractivity contribution in [3.05, 3.63) is 28.8 Å². The summed E-state index contributed by atoms with van der Waals surface area (Å²) in [6, 6.07) is 0. The average molecular weight is 332 g/mol. The van der Waals surface area contributed by atoms with Gasteiger partial charge in [-0.3, -0.25) is 14.3 Å². The molecule has 7 nitrogen and oxygen atoms in total. The topological polar surface area (TPSA) is 61.0 Å². The van der Waals surface area contributed by atoms with Crippen molar-refractivity contribution in [1.82, 2.24) is 29.7 Å². The first kappa shape index (κ1) is 17.1. The Morgan fingerprint density at radius 2 is 2.00 bits per heavy atom. The standard InChI is InChI=1S/C17H28N6O/c1-6-14-12(16(7-2)22(4)19-14)8-23-9-13(17(11-23)24-5)15-10-21(3)20-18-15/h10,13,17H,6-9,11H2,1-5H3/t13-,17+/m0/s1. The van der Waals surface area contributed by atoms with Crippen LogP contribution in [0.5, 0.6) is 0 Å². The van der Waals surface area contributed by atoms with Crippen molar-refractivity contribution in [1.29, 1.82) is 0 Å². The third-order valence-electron chi connectivity index (χ3n) is 5.05. The van der Waals surface area contributed by atoms with Crippen LogP contribution in [0.1, 0.15) is 42.4 Å². The zero-order chi connectivity index (χ0) is 17.3. The summed E-state index contributed by atoms with van der Waals surface area (Å²) in [5.41, 5.74) is 4.96. The van der Waals surface area contributed by atoms with Crippen LogP contribution >= 0.6 is 0 Å². The molecule has 7 heteroatoms. The van der Waals surface area contributed by atoms with Gasteiger partial charge in [-0.05, 0) is 12.8 Å². The van der Waals surface area contributed by atoms with Gasteiger partial charge in [-0.2, -0.15) is 5.10 Å². The minimum absolute atomic E-state index is 0.161. The molecule has 0 aliphatic carbocycles. The number of rotatable bonds is 6. The predicted octanol–water partition coefficient (Wildman–Crippen LogP) is 1.29. The van der Waals surface area contributed by atoms with Crippen molar-refractivity contribution in [3.8, 4) is 0 Å². The van der Waals surface area contributed by atoms with Crippen molar-refractivity contribution >= 4 is 0 Å². The van der Waals surface area contributed by atoms with Crippen molar-refractivity contribution in [3.63, 3.8) is 0 Å². The second kappa shape index (κ2) is 7.03. The quantitative estimate of drug-likeness (QED) is 0.798. The lowest BCUT2D eigenvalue weighted by atomic mass is 10.0. The number of hydrogen-bond acceptors (Lipinski definition) is 5. The highest BCUT2D eigenvalue weighted by molar-refractivity contribution is 5.27. The van der Waals surface area contributed by atoms with Gasteiger partial charge in [0, 0.05) is 64.2 Å². The van der Waals surface area contributed by atoms with E-state index in [-0.39, 0.29) is 12.0 Å². The molecule has 1 aliphatic rings. The van der Waals surface area contributed by atoms with Crippen LogP contribution in [-0.4, -0.2) is 56.0 Å². The van der Waals surface area contributed by atoms with Crippen LogP contribution in [0.15, 0.2) is 6.20 Å². The molecule has 2 aromatic rings. The smallest absolute Gasteiger partial charge is 0.0897 e. The third-order valence-corrected chi connectivity index (χ3v) is 5.05. The largest absolute Gasteiger partial charge is 0.379 e. The zero-order valence-electron chi connectivity index (χ0n) is 15.4. The van der Waals surface area contributed by atoms with Crippen molar-refractivity contribution in [2.24, 2.45) is 14.1 Å². The summed E-state index contributed by atoms with van der Waals surface area (Å²) in [5.74, 6) is 0.274. The summed E-state index contributed by atoms with van der Waals surface area (Å²) >= 11 is 0. The molecule has 3 heterocycles. The molecule has 0 bridgehead atoms. The zero-order valence-corrected chi connectivity index (χ0v) is 15.4. The lowest BCUT2D eigenvalue weighted by Crippen LogP contribution is -2.23. The molecule has 0 aromatic carbocycles. The van der Waals surface area contributed by atoms with Gasteiger partial charge in [0.05, 0.1) is 17.5 Å². The summed E-state index contributed by atoms with van der Waals surface area (Å²) in [7, 11) is 5.74. The van der Waals surface area contributed by atoms with Crippen LogP contribution < -0.4 is 0 Å². The number of ether oxygens (including phenoxy) is 1. The fourth-order valence-electron chi connectivity index (χ4n) is 3.84. The van der Waals surface area contributed by atoms with E-state index in [2.05, 4.69) is 29.1 Å². The number of likely N-dealkylation sites (tertiary alicyclic amines) is 1. The van der Waals surface area contributed by atoms with Gasteiger partial charge in [-0.15, -0.1) is 5.10 Å². The summed E-state index contributed by atoms with van der Waals surface area (Å²) < 4.78 is 9.53. The Labute approximate surface area is 143 Å². The molecule has 0 radical (unpaired) electrons. The van der Waals surface area contributed by atoms with Crippen molar-refractivity contribution in [2.75, 3.05) is 20.2 Å². The summed E-state index contributed by atoms with van der Waals surface area (Å²) in [6.45, 7) is 7.16. The van der Waals surface area contributed by atoms with Gasteiger partial charge in [0.2, 0.25) is 0 Å². The second-order valence-electron chi connectivity index (χ2n) is 6.59. The van der Waals surface area contributed by atoms with Gasteiger partial charge in [0.15, 0.2) is 0 Å². The highest BCUT2D eigenvalue weighted by Gasteiger charge is 2.36. The molecule has 0 amide bonds. The Morgan fingerprint density at radius 1 is 1.21 bits per heavy atom. The maximum absolute atomic E-state index is 5.73. The van der Waals surface area contributed by atoms with Crippen LogP contribution in [0.25, 0.3) is 0 Å². The van der Waals surface area contributed by atoms with Gasteiger partial charge in [-0.25, -0.2) is 0 Å². The first-order valence-corrected chi connectivity index (χ1v) is 8.72. The minimum atomic E-state index is 0.161. The molecular weight excluding hydrogens is 304 g/mol. The first-order chi connectivity index (χ1) is 11.6. The molecule has 0 unspecified atom stereocenters. The van der Waals surface area contributed by atoms with E-state index in [1.165, 1.54) is 17.0 Å². The molecule has 1 fully saturated rings. The Morgan fingerprint density at radius 3 is 2.58 bits per heavy atom. The van der Waals surface area contributed by atoms with Gasteiger partial charge in [0.1, 0.15) is 0 Å². The van der Waals surface area contributed by atoms with Crippen molar-refractivity contribution in [2.45, 2.75) is 45.3 Å². The van der Waals surface area contributed by atoms with E-state index >= 15 is 0 Å². The first-order valence-electron chi connectivity index (χ1n) is 8.72. The van der Waals surface area contributed by atoms with E-state index in [1.54, 1.807) is 11.8 Å². The van der Waals surface area contributed by atoms with Gasteiger partial charge >= 0.3 is 0 Å². The number of nitrogens with zero attached hydrogens (tertiary/aromatic N) is 6. The van der Waals surface area contributed by atoms with Gasteiger partial charge in [-0.1, -0.05) is 19.1 Å². The van der Waals surface area contributed by atoms with E-state index < -0.39 is 0 Å². The second-order valence-corrected chi connectivity index (χ2v) is 6.59. The number of aromatic nitrogens is 5. The molecule has 0 N–H and O–H groups in total. The van der Waals surface area contributed by atoms with Crippen LogP contribution in [0.4, 0.5) is 0 Å². The molecule has 0 saturated carbocycles. The molecule has 0 spiro atoms. The maximum Gasteiger partial charge on any atom is 0.0897 e. The van der Waals surface area contributed by atoms with E-state index in [9.17, 15) is 0 Å². The predicted molar refractivity (Wildman–Crippen MR) is 91.8 cm³/mol. The van der Waals surface area contributed by atoms with Crippen LogP contribution in [0.3, 0.4) is 0 Å². The van der Waals surface area contributed by atoms with Gasteiger partial charge in [0.25, 0.3) is 0 Å². The van der Waals surface area contributed by atoms with Gasteiger partial charge < -0.3 is 4.74 Å². The monoisotopic (exact) mass is 332 g/mol. The van der Waals surface area contributed by atoms with E-state index in [0.29, 0.717) is 0 Å². The lowest BCUT2D eigenvalue weighted by Gasteiger charge is -2.16. The van der Waals surface area contributed by atoms with Crippen LogP contribution in [-0.2, 0) is 38.2 Å². The summed E-state index contributed by atoms with van der Waals surface area (Å²) in [5, 5.41) is 13.1. The maximum atomic E-state index is 5.73. The molecule has 1 aliphatic heterocycles. The molecule has 24 heavy (non-hydrogen) atoms. The molecule has 2 aromatic heterocycles. The average Bonchev–Trinajstić information content (AvgIpc) is 3.25. The molecular formula is C17H28N6O. The van der Waals surface area contributed by atoms with Crippen LogP contribution in [0.2, 0.25) is 0 Å². The minimum Gasteiger partial charge on any atom is -0.379 e.